The number of nitrogen functional groups attached to an aromatic ring is 2. The van der Waals surface area contributed by atoms with E-state index < -0.39 is 10.1 Å². The van der Waals surface area contributed by atoms with Crippen LogP contribution >= 0.6 is 37.2 Å². The molecule has 6 heterocycles. The number of rotatable bonds is 13. The van der Waals surface area contributed by atoms with E-state index in [4.69, 9.17) is 30.2 Å². The van der Waals surface area contributed by atoms with Crippen molar-refractivity contribution >= 4 is 81.1 Å². The molecule has 2 atom stereocenters. The van der Waals surface area contributed by atoms with E-state index >= 15 is 0 Å². The number of nitrogens with zero attached hydrogens (tertiary/aromatic N) is 9. The number of hydrogen-bond donors (Lipinski definition) is 3. The summed E-state index contributed by atoms with van der Waals surface area (Å²) in [6.45, 7) is 5.46. The SMILES string of the molecule is C.C.CS(=O)(=O)O[C@H]1CCCN(Cc2ccccc2)C1.II.Nc1ncnc2c1c(-c1ccc(Oc3ccccc3)cc1)nn2C1CCCN(Cc2ccccc2)C1.Nc1ncnc2n[nH]c(-c3ccc(Oc4ccccc4)cc3)c12. The molecule has 2 aliphatic rings. The molecule has 0 saturated carbocycles. The van der Waals surface area contributed by atoms with Gasteiger partial charge in [0.25, 0.3) is 10.1 Å². The Labute approximate surface area is 498 Å². The molecule has 2 saturated heterocycles. The number of aromatic nitrogens is 8. The second-order valence-electron chi connectivity index (χ2n) is 19.0. The average Bonchev–Trinajstić information content (AvgIpc) is 4.17. The van der Waals surface area contributed by atoms with Gasteiger partial charge in [0.05, 0.1) is 34.9 Å². The Hall–Kier alpha value is -7.09. The van der Waals surface area contributed by atoms with Crippen molar-refractivity contribution < 1.29 is 22.1 Å². The van der Waals surface area contributed by atoms with E-state index in [0.717, 1.165) is 127 Å². The van der Waals surface area contributed by atoms with E-state index in [2.05, 4.69) is 124 Å². The molecule has 81 heavy (non-hydrogen) atoms. The lowest BCUT2D eigenvalue weighted by atomic mass is 10.0. The number of nitrogens with two attached hydrogens (primary N) is 2. The van der Waals surface area contributed by atoms with E-state index in [1.807, 2.05) is 127 Å². The van der Waals surface area contributed by atoms with Crippen molar-refractivity contribution in [1.29, 1.82) is 0 Å². The number of halogens is 2. The van der Waals surface area contributed by atoms with Gasteiger partial charge in [0, 0.05) is 74.5 Å². The Morgan fingerprint density at radius 2 is 1.05 bits per heavy atom. The van der Waals surface area contributed by atoms with E-state index in [0.29, 0.717) is 23.8 Å². The Bertz CT molecular complexity index is 3610. The molecule has 1 unspecified atom stereocenters. The first-order valence-corrected chi connectivity index (χ1v) is 33.8. The number of aromatic amines is 1. The van der Waals surface area contributed by atoms with Crippen LogP contribution in [0.25, 0.3) is 44.6 Å². The van der Waals surface area contributed by atoms with Crippen LogP contribution in [0.2, 0.25) is 0 Å². The summed E-state index contributed by atoms with van der Waals surface area (Å²) in [5.41, 5.74) is 19.7. The number of likely N-dealkylation sites (tertiary alicyclic amines) is 2. The average molecular weight is 1340 g/mol. The highest BCUT2D eigenvalue weighted by atomic mass is 128. The first-order chi connectivity index (χ1) is 38.6. The number of para-hydroxylation sites is 2. The third-order valence-corrected chi connectivity index (χ3v) is 13.8. The number of H-pyrrole nitrogens is 1. The van der Waals surface area contributed by atoms with Gasteiger partial charge in [-0.25, -0.2) is 24.6 Å². The molecule has 422 valence electrons. The molecule has 0 radical (unpaired) electrons. The van der Waals surface area contributed by atoms with Gasteiger partial charge in [0.1, 0.15) is 53.0 Å². The largest absolute Gasteiger partial charge is 0.457 e. The van der Waals surface area contributed by atoms with Crippen molar-refractivity contribution in [3.8, 4) is 45.5 Å². The molecule has 0 aliphatic carbocycles. The number of fused-ring (bicyclic) bond motifs is 2. The van der Waals surface area contributed by atoms with Crippen molar-refractivity contribution in [3.05, 3.63) is 194 Å². The quantitative estimate of drug-likeness (QED) is 0.0722. The van der Waals surface area contributed by atoms with E-state index in [1.54, 1.807) is 0 Å². The lowest BCUT2D eigenvalue weighted by Gasteiger charge is -2.33. The maximum absolute atomic E-state index is 11.1. The first-order valence-electron chi connectivity index (χ1n) is 25.7. The summed E-state index contributed by atoms with van der Waals surface area (Å²) in [7, 11) is -3.35. The summed E-state index contributed by atoms with van der Waals surface area (Å²) < 4.78 is 41.1. The predicted octanol–water partition coefficient (Wildman–Crippen LogP) is 13.8. The predicted molar refractivity (Wildman–Crippen MR) is 342 cm³/mol. The normalized spacial score (nSPS) is 15.2. The van der Waals surface area contributed by atoms with Crippen LogP contribution in [0.3, 0.4) is 0 Å². The summed E-state index contributed by atoms with van der Waals surface area (Å²) in [5, 5.41) is 13.7. The van der Waals surface area contributed by atoms with Gasteiger partial charge in [-0.3, -0.25) is 19.1 Å². The van der Waals surface area contributed by atoms with Crippen LogP contribution in [0, 0.1) is 0 Å². The van der Waals surface area contributed by atoms with Crippen molar-refractivity contribution in [2.45, 2.75) is 65.8 Å². The fourth-order valence-corrected chi connectivity index (χ4v) is 10.4. The van der Waals surface area contributed by atoms with E-state index in [1.165, 1.54) is 23.8 Å². The van der Waals surface area contributed by atoms with Gasteiger partial charge < -0.3 is 20.9 Å². The Morgan fingerprint density at radius 3 is 1.59 bits per heavy atom. The molecule has 6 aromatic carbocycles. The molecule has 4 aromatic heterocycles. The van der Waals surface area contributed by atoms with Gasteiger partial charge in [-0.1, -0.05) is 112 Å². The number of anilines is 2. The lowest BCUT2D eigenvalue weighted by molar-refractivity contribution is 0.0899. The maximum Gasteiger partial charge on any atom is 0.264 e. The van der Waals surface area contributed by atoms with Gasteiger partial charge in [0.2, 0.25) is 0 Å². The van der Waals surface area contributed by atoms with Crippen LogP contribution in [0.15, 0.2) is 183 Å². The molecule has 0 spiro atoms. The van der Waals surface area contributed by atoms with Crippen LogP contribution in [0.5, 0.6) is 23.0 Å². The molecule has 5 N–H and O–H groups in total. The maximum atomic E-state index is 11.1. The molecule has 20 heteroatoms. The van der Waals surface area contributed by atoms with Gasteiger partial charge in [-0.2, -0.15) is 18.6 Å². The second-order valence-corrected chi connectivity index (χ2v) is 20.6. The number of hydrogen-bond acceptors (Lipinski definition) is 15. The van der Waals surface area contributed by atoms with Gasteiger partial charge in [-0.15, -0.1) is 0 Å². The highest BCUT2D eigenvalue weighted by Gasteiger charge is 2.27. The molecule has 0 bridgehead atoms. The number of benzene rings is 6. The minimum Gasteiger partial charge on any atom is -0.457 e. The summed E-state index contributed by atoms with van der Waals surface area (Å²) in [6.07, 6.45) is 7.81. The van der Waals surface area contributed by atoms with Crippen LogP contribution in [-0.4, -0.2) is 96.7 Å². The Kier molecular flexibility index (Phi) is 22.9. The lowest BCUT2D eigenvalue weighted by Crippen LogP contribution is -2.39. The van der Waals surface area contributed by atoms with Gasteiger partial charge in [-0.05, 0) is 123 Å². The molecule has 12 rings (SSSR count). The van der Waals surface area contributed by atoms with Gasteiger partial charge in [0.15, 0.2) is 11.3 Å². The zero-order chi connectivity index (χ0) is 55.0. The van der Waals surface area contributed by atoms with Crippen LogP contribution in [0.4, 0.5) is 11.6 Å². The van der Waals surface area contributed by atoms with Crippen LogP contribution in [-0.2, 0) is 27.4 Å². The van der Waals surface area contributed by atoms with Gasteiger partial charge >= 0.3 is 0 Å². The minimum atomic E-state index is -3.35. The molecule has 0 amide bonds. The number of nitrogens with one attached hydrogen (secondary N) is 1. The second kappa shape index (κ2) is 30.1. The third-order valence-electron chi connectivity index (χ3n) is 13.2. The van der Waals surface area contributed by atoms with Crippen molar-refractivity contribution in [1.82, 2.24) is 49.7 Å². The Balaban J connectivity index is 0.000000182. The van der Waals surface area contributed by atoms with E-state index in [9.17, 15) is 8.42 Å². The van der Waals surface area contributed by atoms with Crippen molar-refractivity contribution in [2.75, 3.05) is 43.9 Å². The molecule has 17 nitrogen and oxygen atoms in total. The van der Waals surface area contributed by atoms with Crippen LogP contribution < -0.4 is 20.9 Å². The highest BCUT2D eigenvalue weighted by Crippen LogP contribution is 2.36. The summed E-state index contributed by atoms with van der Waals surface area (Å²) in [4.78, 5) is 21.8. The molecule has 2 aliphatic heterocycles. The topological polar surface area (TPSA) is 218 Å². The zero-order valence-electron chi connectivity index (χ0n) is 43.4. The molecular formula is C61H68I2N12O5S. The smallest absolute Gasteiger partial charge is 0.264 e. The summed E-state index contributed by atoms with van der Waals surface area (Å²) in [5.74, 6) is 3.97. The fourth-order valence-electron chi connectivity index (χ4n) is 9.70. The van der Waals surface area contributed by atoms with Crippen LogP contribution in [0.1, 0.15) is 57.7 Å². The molecule has 10 aromatic rings. The standard InChI is InChI=1S/C29H28N6O.C17H13N5O.C13H19NO3S.2CH4.I2/c30-28-26-27(22-13-15-25(16-14-22)36-24-11-5-2-6-12-24)33-35(29(26)32-20-31-28)23-10-7-17-34(19-23)18-21-8-3-1-4-9-21;18-16-14-15(21-22-17(14)20-10-19-16)11-6-8-13(9-7-11)23-12-4-2-1-3-5-12;1-18(15,16)17-13-8-5-9-14(11-13)10-12-6-3-2-4-7-12;;;1-2/h1-6,8-9,11-16,20,23H,7,10,17-19H2,(H2,30,31,32);1-10H,(H3,18,19,20,21,22);2-4,6-7,13H,5,8-11H2,1H3;2*1H4;/t;;13-;;;/m..0.../s1. The fraction of sp³-hybridized carbons (Fsp3) is 0.246. The first kappa shape index (κ1) is 61.5. The zero-order valence-corrected chi connectivity index (χ0v) is 48.6. The third kappa shape index (κ3) is 17.0. The number of piperidine rings is 2. The van der Waals surface area contributed by atoms with E-state index in [-0.39, 0.29) is 27.0 Å². The molecule has 2 fully saturated rings. The monoisotopic (exact) mass is 1330 g/mol. The highest BCUT2D eigenvalue weighted by molar-refractivity contribution is 15.0. The van der Waals surface area contributed by atoms with Crippen molar-refractivity contribution in [2.24, 2.45) is 0 Å². The van der Waals surface area contributed by atoms with Crippen molar-refractivity contribution in [3.63, 3.8) is 0 Å². The number of ether oxygens (including phenoxy) is 2. The molecular weight excluding hydrogens is 1270 g/mol. The summed E-state index contributed by atoms with van der Waals surface area (Å²) >= 11 is 4.24. The minimum absolute atomic E-state index is 0. The summed E-state index contributed by atoms with van der Waals surface area (Å²) in [6, 6.07) is 56.0. The Morgan fingerprint density at radius 1 is 0.580 bits per heavy atom.